The van der Waals surface area contributed by atoms with Gasteiger partial charge in [0.15, 0.2) is 0 Å². The summed E-state index contributed by atoms with van der Waals surface area (Å²) in [6.07, 6.45) is 1.02. The lowest BCUT2D eigenvalue weighted by atomic mass is 9.90. The fraction of sp³-hybridized carbons (Fsp3) is 1.00. The Morgan fingerprint density at radius 3 is 2.46 bits per heavy atom. The summed E-state index contributed by atoms with van der Waals surface area (Å²) in [6, 6.07) is -0.599. The van der Waals surface area contributed by atoms with Gasteiger partial charge >= 0.3 is 0 Å². The average Bonchev–Trinajstić information content (AvgIpc) is 2.12. The number of aliphatic hydroxyl groups excluding tert-OH is 1. The fourth-order valence-corrected chi connectivity index (χ4v) is 1.48. The van der Waals surface area contributed by atoms with Gasteiger partial charge in [-0.3, -0.25) is 0 Å². The van der Waals surface area contributed by atoms with Gasteiger partial charge in [-0.1, -0.05) is 10.2 Å². The monoisotopic (exact) mass is 182 g/mol. The second-order valence-corrected chi connectivity index (χ2v) is 3.01. The van der Waals surface area contributed by atoms with E-state index in [1.54, 1.807) is 0 Å². The number of hydrogen-bond acceptors (Lipinski definition) is 3. The number of azide groups is 2. The second-order valence-electron chi connectivity index (χ2n) is 3.01. The molecule has 3 atom stereocenters. The van der Waals surface area contributed by atoms with Crippen LogP contribution >= 0.6 is 0 Å². The molecule has 0 bridgehead atoms. The molecule has 0 saturated heterocycles. The molecule has 1 rings (SSSR count). The quantitative estimate of drug-likeness (QED) is 0.391. The van der Waals surface area contributed by atoms with Crippen molar-refractivity contribution < 1.29 is 5.11 Å². The molecule has 0 spiro atoms. The summed E-state index contributed by atoms with van der Waals surface area (Å²) >= 11 is 0. The molecule has 1 saturated carbocycles. The Kier molecular flexibility index (Phi) is 3.40. The molecular weight excluding hydrogens is 172 g/mol. The van der Waals surface area contributed by atoms with Gasteiger partial charge in [0.1, 0.15) is 0 Å². The lowest BCUT2D eigenvalue weighted by Crippen LogP contribution is -2.33. The molecule has 1 aliphatic rings. The lowest BCUT2D eigenvalue weighted by molar-refractivity contribution is 0.101. The van der Waals surface area contributed by atoms with Crippen LogP contribution in [0.3, 0.4) is 0 Å². The fourth-order valence-electron chi connectivity index (χ4n) is 1.48. The second kappa shape index (κ2) is 4.57. The van der Waals surface area contributed by atoms with Crippen molar-refractivity contribution in [3.05, 3.63) is 20.9 Å². The van der Waals surface area contributed by atoms with E-state index in [2.05, 4.69) is 20.1 Å². The van der Waals surface area contributed by atoms with Crippen LogP contribution in [0.25, 0.3) is 20.9 Å². The summed E-state index contributed by atoms with van der Waals surface area (Å²) in [5.74, 6) is 0. The van der Waals surface area contributed by atoms with E-state index in [1.807, 2.05) is 0 Å². The number of nitrogens with zero attached hydrogens (tertiary/aromatic N) is 6. The molecule has 0 aromatic heterocycles. The SMILES string of the molecule is [N-]=[N+]=N[C@H]1CCC(O)[C@@H](N=[N+]=[N-])C1. The molecular formula is C6H10N6O. The van der Waals surface area contributed by atoms with Crippen molar-refractivity contribution in [2.24, 2.45) is 10.2 Å². The minimum Gasteiger partial charge on any atom is -0.393 e. The molecule has 1 aliphatic carbocycles. The smallest absolute Gasteiger partial charge is 0.0637 e. The van der Waals surface area contributed by atoms with E-state index in [1.165, 1.54) is 0 Å². The van der Waals surface area contributed by atoms with Crippen LogP contribution in [0.1, 0.15) is 19.3 Å². The van der Waals surface area contributed by atoms with E-state index in [9.17, 15) is 5.11 Å². The highest BCUT2D eigenvalue weighted by atomic mass is 16.3. The Morgan fingerprint density at radius 1 is 1.15 bits per heavy atom. The van der Waals surface area contributed by atoms with Gasteiger partial charge in [0.25, 0.3) is 0 Å². The Morgan fingerprint density at radius 2 is 1.85 bits per heavy atom. The summed E-state index contributed by atoms with van der Waals surface area (Å²) in [7, 11) is 0. The molecule has 13 heavy (non-hydrogen) atoms. The summed E-state index contributed by atoms with van der Waals surface area (Å²) in [5, 5.41) is 16.4. The third kappa shape index (κ3) is 2.52. The summed E-state index contributed by atoms with van der Waals surface area (Å²) < 4.78 is 0. The van der Waals surface area contributed by atoms with Crippen LogP contribution in [0, 0.1) is 0 Å². The van der Waals surface area contributed by atoms with Crippen molar-refractivity contribution in [1.82, 2.24) is 0 Å². The van der Waals surface area contributed by atoms with E-state index in [4.69, 9.17) is 11.1 Å². The molecule has 0 amide bonds. The van der Waals surface area contributed by atoms with E-state index < -0.39 is 12.1 Å². The third-order valence-corrected chi connectivity index (χ3v) is 2.17. The Balaban J connectivity index is 2.62. The molecule has 1 N–H and O–H groups in total. The first-order chi connectivity index (χ1) is 6.27. The molecule has 7 heteroatoms. The molecule has 1 unspecified atom stereocenters. The normalized spacial score (nSPS) is 32.8. The van der Waals surface area contributed by atoms with Crippen molar-refractivity contribution >= 4 is 0 Å². The topological polar surface area (TPSA) is 118 Å². The predicted molar refractivity (Wildman–Crippen MR) is 45.7 cm³/mol. The summed E-state index contributed by atoms with van der Waals surface area (Å²) in [6.45, 7) is 0. The number of hydrogen-bond donors (Lipinski definition) is 1. The first kappa shape index (κ1) is 9.67. The maximum Gasteiger partial charge on any atom is 0.0637 e. The molecule has 0 aromatic carbocycles. The van der Waals surface area contributed by atoms with Crippen molar-refractivity contribution in [3.8, 4) is 0 Å². The first-order valence-electron chi connectivity index (χ1n) is 4.04. The Labute approximate surface area is 74.6 Å². The zero-order valence-electron chi connectivity index (χ0n) is 6.98. The first-order valence-corrected chi connectivity index (χ1v) is 4.04. The van der Waals surface area contributed by atoms with Crippen LogP contribution in [0.5, 0.6) is 0 Å². The summed E-state index contributed by atoms with van der Waals surface area (Å²) in [5.41, 5.74) is 16.4. The molecule has 0 aliphatic heterocycles. The van der Waals surface area contributed by atoms with Crippen LogP contribution < -0.4 is 0 Å². The minimum absolute atomic E-state index is 0.149. The third-order valence-electron chi connectivity index (χ3n) is 2.17. The standard InChI is InChI=1S/C6H10N6O/c7-11-9-4-1-2-6(13)5(3-4)10-12-8/h4-6,13H,1-3H2/t4-,5-,6?/m0/s1. The van der Waals surface area contributed by atoms with Gasteiger partial charge in [-0.25, -0.2) is 0 Å². The zero-order valence-corrected chi connectivity index (χ0v) is 6.98. The highest BCUT2D eigenvalue weighted by Crippen LogP contribution is 2.24. The van der Waals surface area contributed by atoms with Crippen LogP contribution in [-0.4, -0.2) is 23.3 Å². The van der Waals surface area contributed by atoms with E-state index in [0.717, 1.165) is 0 Å². The molecule has 70 valence electrons. The van der Waals surface area contributed by atoms with Crippen LogP contribution in [0.4, 0.5) is 0 Å². The van der Waals surface area contributed by atoms with Crippen molar-refractivity contribution in [3.63, 3.8) is 0 Å². The van der Waals surface area contributed by atoms with Gasteiger partial charge in [-0.05, 0) is 30.3 Å². The molecule has 1 fully saturated rings. The zero-order chi connectivity index (χ0) is 9.68. The van der Waals surface area contributed by atoms with Gasteiger partial charge in [0.2, 0.25) is 0 Å². The molecule has 0 aromatic rings. The highest BCUT2D eigenvalue weighted by molar-refractivity contribution is 4.88. The molecule has 0 radical (unpaired) electrons. The van der Waals surface area contributed by atoms with Crippen LogP contribution in [-0.2, 0) is 0 Å². The highest BCUT2D eigenvalue weighted by Gasteiger charge is 2.27. The van der Waals surface area contributed by atoms with Crippen molar-refractivity contribution in [1.29, 1.82) is 0 Å². The van der Waals surface area contributed by atoms with E-state index >= 15 is 0 Å². The van der Waals surface area contributed by atoms with Gasteiger partial charge in [-0.15, -0.1) is 0 Å². The minimum atomic E-state index is -0.596. The molecule has 0 heterocycles. The van der Waals surface area contributed by atoms with E-state index in [-0.39, 0.29) is 6.04 Å². The lowest BCUT2D eigenvalue weighted by Gasteiger charge is -2.27. The van der Waals surface area contributed by atoms with Crippen molar-refractivity contribution in [2.75, 3.05) is 0 Å². The largest absolute Gasteiger partial charge is 0.393 e. The number of aliphatic hydroxyl groups is 1. The van der Waals surface area contributed by atoms with Gasteiger partial charge < -0.3 is 5.11 Å². The Hall–Kier alpha value is -1.42. The maximum atomic E-state index is 9.39. The average molecular weight is 182 g/mol. The maximum absolute atomic E-state index is 9.39. The van der Waals surface area contributed by atoms with Gasteiger partial charge in [0, 0.05) is 15.9 Å². The predicted octanol–water partition coefficient (Wildman–Crippen LogP) is 1.89. The van der Waals surface area contributed by atoms with Crippen molar-refractivity contribution in [2.45, 2.75) is 37.5 Å². The van der Waals surface area contributed by atoms with Gasteiger partial charge in [-0.2, -0.15) is 0 Å². The van der Waals surface area contributed by atoms with Crippen LogP contribution in [0.2, 0.25) is 0 Å². The summed E-state index contributed by atoms with van der Waals surface area (Å²) in [4.78, 5) is 5.32. The Bertz CT molecular complexity index is 266. The number of rotatable bonds is 2. The van der Waals surface area contributed by atoms with Crippen LogP contribution in [0.15, 0.2) is 10.2 Å². The van der Waals surface area contributed by atoms with Gasteiger partial charge in [0.05, 0.1) is 12.1 Å². The molecule has 7 nitrogen and oxygen atoms in total. The van der Waals surface area contributed by atoms with E-state index in [0.29, 0.717) is 19.3 Å².